The predicted molar refractivity (Wildman–Crippen MR) is 48.3 cm³/mol. The van der Waals surface area contributed by atoms with Crippen LogP contribution >= 0.6 is 0 Å². The van der Waals surface area contributed by atoms with Gasteiger partial charge in [0, 0.05) is 7.05 Å². The zero-order chi connectivity index (χ0) is 8.39. The number of para-hydroxylation sites is 2. The molecular weight excluding hydrogens is 152 g/mol. The van der Waals surface area contributed by atoms with Crippen LogP contribution in [0.25, 0.3) is 0 Å². The first-order valence-corrected chi connectivity index (χ1v) is 4.08. The minimum Gasteiger partial charge on any atom is -0.489 e. The lowest BCUT2D eigenvalue weighted by Gasteiger charge is -2.29. The fraction of sp³-hybridized carbons (Fsp3) is 0.333. The Morgan fingerprint density at radius 2 is 2.25 bits per heavy atom. The van der Waals surface area contributed by atoms with E-state index in [9.17, 15) is 0 Å². The van der Waals surface area contributed by atoms with E-state index < -0.39 is 0 Å². The van der Waals surface area contributed by atoms with Gasteiger partial charge < -0.3 is 9.75 Å². The lowest BCUT2D eigenvalue weighted by molar-refractivity contribution is 0.302. The van der Waals surface area contributed by atoms with Crippen LogP contribution in [0.2, 0.25) is 0 Å². The second kappa shape index (κ2) is 3.03. The molecule has 0 saturated carbocycles. The van der Waals surface area contributed by atoms with Gasteiger partial charge in [-0.05, 0) is 12.1 Å². The quantitative estimate of drug-likeness (QED) is 0.670. The molecule has 0 atom stereocenters. The van der Waals surface area contributed by atoms with Crippen molar-refractivity contribution in [1.82, 2.24) is 5.43 Å². The number of anilines is 1. The van der Waals surface area contributed by atoms with E-state index in [1.807, 2.05) is 31.3 Å². The SMILES string of the molecule is CNN1CCOc2ccccc21. The summed E-state index contributed by atoms with van der Waals surface area (Å²) in [4.78, 5) is 0. The zero-order valence-electron chi connectivity index (χ0n) is 7.08. The molecule has 0 saturated heterocycles. The molecule has 1 aromatic rings. The maximum atomic E-state index is 5.47. The van der Waals surface area contributed by atoms with Gasteiger partial charge in [0.1, 0.15) is 12.4 Å². The maximum absolute atomic E-state index is 5.47. The number of ether oxygens (including phenoxy) is 1. The number of rotatable bonds is 1. The van der Waals surface area contributed by atoms with Gasteiger partial charge in [0.25, 0.3) is 0 Å². The van der Waals surface area contributed by atoms with Gasteiger partial charge in [-0.3, -0.25) is 0 Å². The van der Waals surface area contributed by atoms with E-state index >= 15 is 0 Å². The van der Waals surface area contributed by atoms with E-state index in [1.165, 1.54) is 0 Å². The van der Waals surface area contributed by atoms with Crippen molar-refractivity contribution < 1.29 is 4.74 Å². The number of hydrogen-bond donors (Lipinski definition) is 1. The van der Waals surface area contributed by atoms with E-state index in [0.717, 1.165) is 24.6 Å². The lowest BCUT2D eigenvalue weighted by Crippen LogP contribution is -2.41. The summed E-state index contributed by atoms with van der Waals surface area (Å²) >= 11 is 0. The van der Waals surface area contributed by atoms with E-state index in [-0.39, 0.29) is 0 Å². The highest BCUT2D eigenvalue weighted by atomic mass is 16.5. The van der Waals surface area contributed by atoms with Gasteiger partial charge >= 0.3 is 0 Å². The maximum Gasteiger partial charge on any atom is 0.144 e. The van der Waals surface area contributed by atoms with E-state index in [2.05, 4.69) is 10.4 Å². The molecule has 1 aliphatic rings. The molecule has 3 heteroatoms. The largest absolute Gasteiger partial charge is 0.489 e. The molecule has 0 amide bonds. The Kier molecular flexibility index (Phi) is 1.87. The number of nitrogens with zero attached hydrogens (tertiary/aromatic N) is 1. The van der Waals surface area contributed by atoms with Crippen LogP contribution in [0, 0.1) is 0 Å². The molecule has 0 fully saturated rings. The van der Waals surface area contributed by atoms with Crippen LogP contribution in [0.1, 0.15) is 0 Å². The number of hydrazine groups is 1. The summed E-state index contributed by atoms with van der Waals surface area (Å²) in [6.45, 7) is 1.64. The Morgan fingerprint density at radius 1 is 1.42 bits per heavy atom. The van der Waals surface area contributed by atoms with E-state index in [1.54, 1.807) is 0 Å². The molecule has 1 aliphatic heterocycles. The molecule has 12 heavy (non-hydrogen) atoms. The molecule has 1 heterocycles. The van der Waals surface area contributed by atoms with Crippen molar-refractivity contribution in [3.63, 3.8) is 0 Å². The molecule has 3 nitrogen and oxygen atoms in total. The highest BCUT2D eigenvalue weighted by molar-refractivity contribution is 5.58. The molecule has 0 spiro atoms. The molecule has 0 aliphatic carbocycles. The summed E-state index contributed by atoms with van der Waals surface area (Å²) in [6.07, 6.45) is 0. The minimum absolute atomic E-state index is 0.748. The normalized spacial score (nSPS) is 15.2. The first-order chi connectivity index (χ1) is 5.92. The monoisotopic (exact) mass is 164 g/mol. The van der Waals surface area contributed by atoms with Crippen molar-refractivity contribution in [1.29, 1.82) is 0 Å². The third-order valence-electron chi connectivity index (χ3n) is 2.00. The Balaban J connectivity index is 2.37. The average molecular weight is 164 g/mol. The van der Waals surface area contributed by atoms with Crippen LogP contribution in [-0.4, -0.2) is 20.2 Å². The van der Waals surface area contributed by atoms with Gasteiger partial charge in [-0.15, -0.1) is 0 Å². The topological polar surface area (TPSA) is 24.5 Å². The Labute approximate surface area is 71.9 Å². The predicted octanol–water partition coefficient (Wildman–Crippen LogP) is 1.02. The third-order valence-corrected chi connectivity index (χ3v) is 2.00. The van der Waals surface area contributed by atoms with Crippen molar-refractivity contribution in [3.05, 3.63) is 24.3 Å². The molecule has 0 aromatic heterocycles. The second-order valence-corrected chi connectivity index (χ2v) is 2.69. The molecule has 0 radical (unpaired) electrons. The number of hydrogen-bond acceptors (Lipinski definition) is 3. The summed E-state index contributed by atoms with van der Waals surface area (Å²) in [5.41, 5.74) is 4.23. The number of fused-ring (bicyclic) bond motifs is 1. The first kappa shape index (κ1) is 7.43. The van der Waals surface area contributed by atoms with Gasteiger partial charge in [0.05, 0.1) is 12.2 Å². The molecule has 64 valence electrons. The van der Waals surface area contributed by atoms with Crippen molar-refractivity contribution in [2.75, 3.05) is 25.2 Å². The van der Waals surface area contributed by atoms with Crippen molar-refractivity contribution in [2.24, 2.45) is 0 Å². The fourth-order valence-electron chi connectivity index (χ4n) is 1.40. The standard InChI is InChI=1S/C9H12N2O/c1-10-11-6-7-12-9-5-3-2-4-8(9)11/h2-5,10H,6-7H2,1H3. The Bertz CT molecular complexity index is 275. The van der Waals surface area contributed by atoms with Crippen molar-refractivity contribution in [3.8, 4) is 5.75 Å². The summed E-state index contributed by atoms with van der Waals surface area (Å²) in [7, 11) is 1.92. The van der Waals surface area contributed by atoms with Crippen molar-refractivity contribution in [2.45, 2.75) is 0 Å². The van der Waals surface area contributed by atoms with Gasteiger partial charge in [-0.2, -0.15) is 0 Å². The highest BCUT2D eigenvalue weighted by Crippen LogP contribution is 2.29. The van der Waals surface area contributed by atoms with Gasteiger partial charge in [-0.1, -0.05) is 12.1 Å². The zero-order valence-corrected chi connectivity index (χ0v) is 7.08. The average Bonchev–Trinajstić information content (AvgIpc) is 2.17. The fourth-order valence-corrected chi connectivity index (χ4v) is 1.40. The number of benzene rings is 1. The van der Waals surface area contributed by atoms with Crippen LogP contribution < -0.4 is 15.2 Å². The Morgan fingerprint density at radius 3 is 3.08 bits per heavy atom. The summed E-state index contributed by atoms with van der Waals surface area (Å²) in [5.74, 6) is 0.957. The summed E-state index contributed by atoms with van der Waals surface area (Å²) in [5, 5.41) is 2.08. The van der Waals surface area contributed by atoms with Crippen LogP contribution in [0.5, 0.6) is 5.75 Å². The smallest absolute Gasteiger partial charge is 0.144 e. The molecule has 1 N–H and O–H groups in total. The van der Waals surface area contributed by atoms with Crippen LogP contribution in [-0.2, 0) is 0 Å². The number of nitrogens with one attached hydrogen (secondary N) is 1. The van der Waals surface area contributed by atoms with E-state index in [4.69, 9.17) is 4.74 Å². The molecule has 0 unspecified atom stereocenters. The Hall–Kier alpha value is -1.22. The van der Waals surface area contributed by atoms with Crippen LogP contribution in [0.15, 0.2) is 24.3 Å². The third kappa shape index (κ3) is 1.12. The molecular formula is C9H12N2O. The van der Waals surface area contributed by atoms with Gasteiger partial charge in [0.2, 0.25) is 0 Å². The molecule has 2 rings (SSSR count). The summed E-state index contributed by atoms with van der Waals surface area (Å²) in [6, 6.07) is 8.03. The second-order valence-electron chi connectivity index (χ2n) is 2.69. The van der Waals surface area contributed by atoms with Crippen LogP contribution in [0.3, 0.4) is 0 Å². The summed E-state index contributed by atoms with van der Waals surface area (Å²) < 4.78 is 5.47. The van der Waals surface area contributed by atoms with Crippen molar-refractivity contribution >= 4 is 5.69 Å². The van der Waals surface area contributed by atoms with Crippen LogP contribution in [0.4, 0.5) is 5.69 Å². The lowest BCUT2D eigenvalue weighted by atomic mass is 10.2. The first-order valence-electron chi connectivity index (χ1n) is 4.08. The van der Waals surface area contributed by atoms with Gasteiger partial charge in [-0.25, -0.2) is 5.43 Å². The van der Waals surface area contributed by atoms with Gasteiger partial charge in [0.15, 0.2) is 0 Å². The molecule has 0 bridgehead atoms. The minimum atomic E-state index is 0.748. The highest BCUT2D eigenvalue weighted by Gasteiger charge is 2.14. The van der Waals surface area contributed by atoms with E-state index in [0.29, 0.717) is 0 Å². The molecule has 1 aromatic carbocycles.